The minimum Gasteiger partial charge on any atom is -0.478 e. The number of carbonyl (C=O) groups is 2. The van der Waals surface area contributed by atoms with Crippen LogP contribution in [0.25, 0.3) is 22.2 Å². The predicted octanol–water partition coefficient (Wildman–Crippen LogP) is 4.34. The standard InChI is InChI=1S/C25H21N3O4/c29-24(30)15-9-10-21-22(13-15)28-23(27-21)11-12-26-25(31)32-14-20-18-7-3-1-5-16(18)17-6-2-4-8-19(17)20/h1-10,13,20H,11-12,14H2,(H,26,31)(H,27,28)(H,29,30). The first kappa shape index (κ1) is 19.8. The van der Waals surface area contributed by atoms with Gasteiger partial charge in [-0.1, -0.05) is 48.5 Å². The quantitative estimate of drug-likeness (QED) is 0.425. The molecule has 0 radical (unpaired) electrons. The van der Waals surface area contributed by atoms with Gasteiger partial charge in [0.25, 0.3) is 0 Å². The lowest BCUT2D eigenvalue weighted by molar-refractivity contribution is 0.0697. The molecule has 0 spiro atoms. The van der Waals surface area contributed by atoms with Gasteiger partial charge in [0.15, 0.2) is 0 Å². The van der Waals surface area contributed by atoms with Crippen LogP contribution in [-0.4, -0.2) is 40.3 Å². The number of carboxylic acids is 1. The number of fused-ring (bicyclic) bond motifs is 4. The number of amides is 1. The molecule has 0 aliphatic heterocycles. The molecule has 3 N–H and O–H groups in total. The second-order valence-corrected chi connectivity index (χ2v) is 7.72. The van der Waals surface area contributed by atoms with Gasteiger partial charge in [-0.15, -0.1) is 0 Å². The third-order valence-corrected chi connectivity index (χ3v) is 5.75. The summed E-state index contributed by atoms with van der Waals surface area (Å²) in [4.78, 5) is 30.9. The minimum absolute atomic E-state index is 0.0203. The highest BCUT2D eigenvalue weighted by molar-refractivity contribution is 5.92. The Bertz CT molecular complexity index is 1280. The van der Waals surface area contributed by atoms with Gasteiger partial charge in [-0.2, -0.15) is 0 Å². The van der Waals surface area contributed by atoms with Crippen molar-refractivity contribution >= 4 is 23.1 Å². The zero-order valence-electron chi connectivity index (χ0n) is 17.2. The van der Waals surface area contributed by atoms with E-state index in [-0.39, 0.29) is 18.1 Å². The Morgan fingerprint density at radius 3 is 2.38 bits per heavy atom. The summed E-state index contributed by atoms with van der Waals surface area (Å²) in [6, 6.07) is 21.1. The lowest BCUT2D eigenvalue weighted by Gasteiger charge is -2.14. The number of H-pyrrole nitrogens is 1. The molecular weight excluding hydrogens is 406 g/mol. The number of carbonyl (C=O) groups excluding carboxylic acids is 1. The van der Waals surface area contributed by atoms with Gasteiger partial charge in [0.2, 0.25) is 0 Å². The third kappa shape index (κ3) is 3.69. The van der Waals surface area contributed by atoms with Crippen LogP contribution in [0.1, 0.15) is 33.2 Å². The summed E-state index contributed by atoms with van der Waals surface area (Å²) in [6.07, 6.45) is -0.00231. The molecule has 1 amide bonds. The summed E-state index contributed by atoms with van der Waals surface area (Å²) in [5.74, 6) is -0.298. The van der Waals surface area contributed by atoms with Gasteiger partial charge < -0.3 is 20.1 Å². The number of imidazole rings is 1. The molecule has 0 saturated carbocycles. The van der Waals surface area contributed by atoms with Crippen LogP contribution in [0.3, 0.4) is 0 Å². The topological polar surface area (TPSA) is 104 Å². The number of aromatic nitrogens is 2. The van der Waals surface area contributed by atoms with Crippen LogP contribution in [0.2, 0.25) is 0 Å². The fourth-order valence-corrected chi connectivity index (χ4v) is 4.25. The van der Waals surface area contributed by atoms with E-state index in [2.05, 4.69) is 39.6 Å². The van der Waals surface area contributed by atoms with E-state index in [1.54, 1.807) is 12.1 Å². The Kier molecular flexibility index (Phi) is 5.07. The Morgan fingerprint density at radius 2 is 1.69 bits per heavy atom. The number of ether oxygens (including phenoxy) is 1. The highest BCUT2D eigenvalue weighted by atomic mass is 16.5. The van der Waals surface area contributed by atoms with Crippen LogP contribution in [0.4, 0.5) is 4.79 Å². The molecule has 0 bridgehead atoms. The maximum absolute atomic E-state index is 12.3. The summed E-state index contributed by atoms with van der Waals surface area (Å²) >= 11 is 0. The van der Waals surface area contributed by atoms with Gasteiger partial charge in [0.05, 0.1) is 16.6 Å². The van der Waals surface area contributed by atoms with Gasteiger partial charge in [0, 0.05) is 18.9 Å². The van der Waals surface area contributed by atoms with Gasteiger partial charge in [-0.25, -0.2) is 14.6 Å². The number of nitrogens with zero attached hydrogens (tertiary/aromatic N) is 1. The summed E-state index contributed by atoms with van der Waals surface area (Å²) in [5.41, 5.74) is 6.26. The summed E-state index contributed by atoms with van der Waals surface area (Å²) in [6.45, 7) is 0.616. The van der Waals surface area contributed by atoms with Crippen molar-refractivity contribution in [2.45, 2.75) is 12.3 Å². The van der Waals surface area contributed by atoms with Crippen LogP contribution in [0, 0.1) is 0 Å². The maximum Gasteiger partial charge on any atom is 0.407 e. The van der Waals surface area contributed by atoms with Crippen LogP contribution in [0.15, 0.2) is 66.7 Å². The van der Waals surface area contributed by atoms with Crippen LogP contribution < -0.4 is 5.32 Å². The zero-order chi connectivity index (χ0) is 22.1. The molecule has 0 fully saturated rings. The average molecular weight is 427 g/mol. The predicted molar refractivity (Wildman–Crippen MR) is 120 cm³/mol. The van der Waals surface area contributed by atoms with Crippen molar-refractivity contribution < 1.29 is 19.4 Å². The first-order valence-corrected chi connectivity index (χ1v) is 10.4. The molecule has 1 aromatic heterocycles. The van der Waals surface area contributed by atoms with Gasteiger partial charge in [0.1, 0.15) is 12.4 Å². The number of alkyl carbamates (subject to hydrolysis) is 1. The summed E-state index contributed by atoms with van der Waals surface area (Å²) in [7, 11) is 0. The number of carboxylic acid groups (broad SMARTS) is 1. The summed E-state index contributed by atoms with van der Waals surface area (Å²) in [5, 5.41) is 11.9. The number of rotatable bonds is 6. The second-order valence-electron chi connectivity index (χ2n) is 7.72. The number of aromatic carboxylic acids is 1. The van der Waals surface area contributed by atoms with Gasteiger partial charge in [-0.3, -0.25) is 0 Å². The molecule has 7 heteroatoms. The Balaban J connectivity index is 1.18. The van der Waals surface area contributed by atoms with Crippen molar-refractivity contribution in [1.82, 2.24) is 15.3 Å². The smallest absolute Gasteiger partial charge is 0.407 e. The van der Waals surface area contributed by atoms with E-state index in [1.807, 2.05) is 24.3 Å². The lowest BCUT2D eigenvalue weighted by atomic mass is 9.98. The molecule has 3 aromatic carbocycles. The number of nitrogens with one attached hydrogen (secondary N) is 2. The Hall–Kier alpha value is -4.13. The van der Waals surface area contributed by atoms with Crippen molar-refractivity contribution in [2.75, 3.05) is 13.2 Å². The molecule has 7 nitrogen and oxygen atoms in total. The Labute approximate surface area is 184 Å². The van der Waals surface area contributed by atoms with Crippen molar-refractivity contribution in [2.24, 2.45) is 0 Å². The lowest BCUT2D eigenvalue weighted by Crippen LogP contribution is -2.28. The number of hydrogen-bond acceptors (Lipinski definition) is 4. The fourth-order valence-electron chi connectivity index (χ4n) is 4.25. The monoisotopic (exact) mass is 427 g/mol. The minimum atomic E-state index is -0.986. The first-order chi connectivity index (χ1) is 15.6. The molecule has 0 saturated heterocycles. The molecule has 0 atom stereocenters. The Morgan fingerprint density at radius 1 is 1.00 bits per heavy atom. The van der Waals surface area contributed by atoms with E-state index < -0.39 is 12.1 Å². The molecule has 1 heterocycles. The van der Waals surface area contributed by atoms with E-state index in [9.17, 15) is 9.59 Å². The largest absolute Gasteiger partial charge is 0.478 e. The number of benzene rings is 3. The molecule has 1 aliphatic carbocycles. The molecule has 0 unspecified atom stereocenters. The second kappa shape index (κ2) is 8.19. The molecular formula is C25H21N3O4. The van der Waals surface area contributed by atoms with Crippen LogP contribution >= 0.6 is 0 Å². The fraction of sp³-hybridized carbons (Fsp3) is 0.160. The zero-order valence-corrected chi connectivity index (χ0v) is 17.2. The van der Waals surface area contributed by atoms with E-state index in [1.165, 1.54) is 28.3 Å². The van der Waals surface area contributed by atoms with E-state index in [4.69, 9.17) is 9.84 Å². The summed E-state index contributed by atoms with van der Waals surface area (Å²) < 4.78 is 5.53. The van der Waals surface area contributed by atoms with E-state index in [0.29, 0.717) is 29.8 Å². The van der Waals surface area contributed by atoms with Crippen molar-refractivity contribution in [3.63, 3.8) is 0 Å². The van der Waals surface area contributed by atoms with E-state index in [0.717, 1.165) is 0 Å². The molecule has 4 aromatic rings. The highest BCUT2D eigenvalue weighted by Crippen LogP contribution is 2.44. The molecule has 1 aliphatic rings. The first-order valence-electron chi connectivity index (χ1n) is 10.4. The molecule has 5 rings (SSSR count). The van der Waals surface area contributed by atoms with Gasteiger partial charge >= 0.3 is 12.1 Å². The van der Waals surface area contributed by atoms with E-state index >= 15 is 0 Å². The molecule has 160 valence electrons. The van der Waals surface area contributed by atoms with Crippen molar-refractivity contribution in [1.29, 1.82) is 0 Å². The highest BCUT2D eigenvalue weighted by Gasteiger charge is 2.28. The SMILES string of the molecule is O=C(NCCc1nc2ccc(C(=O)O)cc2[nH]1)OCC1c2ccccc2-c2ccccc21. The van der Waals surface area contributed by atoms with Gasteiger partial charge in [-0.05, 0) is 40.5 Å². The van der Waals surface area contributed by atoms with Crippen molar-refractivity contribution in [3.8, 4) is 11.1 Å². The number of aromatic amines is 1. The third-order valence-electron chi connectivity index (χ3n) is 5.75. The van der Waals surface area contributed by atoms with Crippen molar-refractivity contribution in [3.05, 3.63) is 89.2 Å². The van der Waals surface area contributed by atoms with Crippen LogP contribution in [0.5, 0.6) is 0 Å². The molecule has 32 heavy (non-hydrogen) atoms. The number of hydrogen-bond donors (Lipinski definition) is 3. The average Bonchev–Trinajstić information content (AvgIpc) is 3.35. The normalized spacial score (nSPS) is 12.4. The van der Waals surface area contributed by atoms with Crippen LogP contribution in [-0.2, 0) is 11.2 Å². The maximum atomic E-state index is 12.3.